The van der Waals surface area contributed by atoms with Crippen LogP contribution in [0.5, 0.6) is 0 Å². The Morgan fingerprint density at radius 3 is 2.79 bits per heavy atom. The van der Waals surface area contributed by atoms with Crippen LogP contribution in [0.15, 0.2) is 42.7 Å². The molecule has 2 unspecified atom stereocenters. The molecule has 0 aliphatic heterocycles. The third-order valence-electron chi connectivity index (χ3n) is 4.46. The van der Waals surface area contributed by atoms with Crippen LogP contribution in [-0.2, 0) is 5.54 Å². The average Bonchev–Trinajstić information content (AvgIpc) is 2.44. The zero-order valence-corrected chi connectivity index (χ0v) is 11.6. The lowest BCUT2D eigenvalue weighted by Gasteiger charge is -2.39. The maximum absolute atomic E-state index is 6.82. The molecular formula is C17H20N2. The van der Waals surface area contributed by atoms with Gasteiger partial charge in [-0.2, -0.15) is 0 Å². The maximum atomic E-state index is 6.82. The first-order valence-electron chi connectivity index (χ1n) is 6.92. The third-order valence-corrected chi connectivity index (χ3v) is 4.46. The summed E-state index contributed by atoms with van der Waals surface area (Å²) >= 11 is 0. The van der Waals surface area contributed by atoms with E-state index < -0.39 is 0 Å². The van der Waals surface area contributed by atoms with Gasteiger partial charge in [0, 0.05) is 12.4 Å². The molecule has 19 heavy (non-hydrogen) atoms. The Morgan fingerprint density at radius 1 is 1.21 bits per heavy atom. The van der Waals surface area contributed by atoms with Gasteiger partial charge in [0.1, 0.15) is 0 Å². The summed E-state index contributed by atoms with van der Waals surface area (Å²) in [7, 11) is 0. The normalized spacial score (nSPS) is 25.9. The number of fused-ring (bicyclic) bond motifs is 1. The molecule has 0 fully saturated rings. The van der Waals surface area contributed by atoms with Crippen LogP contribution < -0.4 is 5.73 Å². The van der Waals surface area contributed by atoms with Gasteiger partial charge in [0.15, 0.2) is 0 Å². The molecule has 98 valence electrons. The van der Waals surface area contributed by atoms with Crippen molar-refractivity contribution < 1.29 is 0 Å². The van der Waals surface area contributed by atoms with Gasteiger partial charge in [-0.3, -0.25) is 4.98 Å². The second-order valence-corrected chi connectivity index (χ2v) is 5.69. The van der Waals surface area contributed by atoms with Crippen LogP contribution in [0.1, 0.15) is 47.9 Å². The van der Waals surface area contributed by atoms with Gasteiger partial charge in [0.2, 0.25) is 0 Å². The van der Waals surface area contributed by atoms with E-state index in [1.54, 1.807) is 0 Å². The lowest BCUT2D eigenvalue weighted by Crippen LogP contribution is -2.42. The number of aryl methyl sites for hydroxylation is 1. The number of pyridine rings is 1. The SMILES string of the molecule is Cc1ccncc1C1(N)CCC(C)c2ccccc21. The molecule has 2 heteroatoms. The van der Waals surface area contributed by atoms with E-state index in [2.05, 4.69) is 43.1 Å². The maximum Gasteiger partial charge on any atom is 0.0686 e. The van der Waals surface area contributed by atoms with Crippen LogP contribution in [0.2, 0.25) is 0 Å². The minimum Gasteiger partial charge on any atom is -0.318 e. The Hall–Kier alpha value is -1.67. The topological polar surface area (TPSA) is 38.9 Å². The van der Waals surface area contributed by atoms with Crippen molar-refractivity contribution in [3.63, 3.8) is 0 Å². The average molecular weight is 252 g/mol. The van der Waals surface area contributed by atoms with Crippen molar-refractivity contribution in [2.24, 2.45) is 5.73 Å². The highest BCUT2D eigenvalue weighted by molar-refractivity contribution is 5.47. The zero-order chi connectivity index (χ0) is 13.5. The third kappa shape index (κ3) is 1.87. The predicted octanol–water partition coefficient (Wildman–Crippen LogP) is 3.49. The van der Waals surface area contributed by atoms with Crippen molar-refractivity contribution in [1.29, 1.82) is 0 Å². The molecule has 2 atom stereocenters. The lowest BCUT2D eigenvalue weighted by atomic mass is 9.69. The lowest BCUT2D eigenvalue weighted by molar-refractivity contribution is 0.409. The van der Waals surface area contributed by atoms with Gasteiger partial charge in [-0.1, -0.05) is 31.2 Å². The summed E-state index contributed by atoms with van der Waals surface area (Å²) in [4.78, 5) is 4.28. The molecule has 2 N–H and O–H groups in total. The summed E-state index contributed by atoms with van der Waals surface area (Å²) in [5.41, 5.74) is 11.5. The van der Waals surface area contributed by atoms with E-state index in [9.17, 15) is 0 Å². The molecule has 0 spiro atoms. The largest absolute Gasteiger partial charge is 0.318 e. The van der Waals surface area contributed by atoms with Crippen molar-refractivity contribution in [3.05, 3.63) is 65.0 Å². The summed E-state index contributed by atoms with van der Waals surface area (Å²) in [5, 5.41) is 0. The minimum atomic E-state index is -0.387. The Balaban J connectivity index is 2.21. The van der Waals surface area contributed by atoms with Crippen molar-refractivity contribution in [1.82, 2.24) is 4.98 Å². The summed E-state index contributed by atoms with van der Waals surface area (Å²) in [6.07, 6.45) is 5.88. The van der Waals surface area contributed by atoms with Gasteiger partial charge < -0.3 is 5.73 Å². The van der Waals surface area contributed by atoms with Crippen molar-refractivity contribution in [2.45, 2.75) is 38.1 Å². The highest BCUT2D eigenvalue weighted by atomic mass is 14.8. The highest BCUT2D eigenvalue weighted by Crippen LogP contribution is 2.43. The first kappa shape index (κ1) is 12.4. The smallest absolute Gasteiger partial charge is 0.0686 e. The number of nitrogens with two attached hydrogens (primary N) is 1. The summed E-state index contributed by atoms with van der Waals surface area (Å²) < 4.78 is 0. The number of aromatic nitrogens is 1. The zero-order valence-electron chi connectivity index (χ0n) is 11.6. The van der Waals surface area contributed by atoms with Gasteiger partial charge >= 0.3 is 0 Å². The van der Waals surface area contributed by atoms with E-state index in [0.717, 1.165) is 18.4 Å². The summed E-state index contributed by atoms with van der Waals surface area (Å²) in [6.45, 7) is 4.40. The van der Waals surface area contributed by atoms with Gasteiger partial charge in [-0.15, -0.1) is 0 Å². The number of hydrogen-bond donors (Lipinski definition) is 1. The van der Waals surface area contributed by atoms with E-state index >= 15 is 0 Å². The molecule has 0 amide bonds. The van der Waals surface area contributed by atoms with Crippen LogP contribution in [0.3, 0.4) is 0 Å². The summed E-state index contributed by atoms with van der Waals surface area (Å²) in [6, 6.07) is 10.6. The van der Waals surface area contributed by atoms with Crippen LogP contribution in [0.4, 0.5) is 0 Å². The van der Waals surface area contributed by atoms with Crippen molar-refractivity contribution in [3.8, 4) is 0 Å². The van der Waals surface area contributed by atoms with Gasteiger partial charge in [-0.25, -0.2) is 0 Å². The van der Waals surface area contributed by atoms with Crippen LogP contribution in [-0.4, -0.2) is 4.98 Å². The molecule has 0 bridgehead atoms. The van der Waals surface area contributed by atoms with Gasteiger partial charge in [0.25, 0.3) is 0 Å². The van der Waals surface area contributed by atoms with Crippen molar-refractivity contribution >= 4 is 0 Å². The van der Waals surface area contributed by atoms with Gasteiger partial charge in [-0.05, 0) is 54.0 Å². The van der Waals surface area contributed by atoms with Gasteiger partial charge in [0.05, 0.1) is 5.54 Å². The van der Waals surface area contributed by atoms with E-state index in [4.69, 9.17) is 5.73 Å². The standard InChI is InChI=1S/C17H20N2/c1-12-7-9-17(18,15-6-4-3-5-14(12)15)16-11-19-10-8-13(16)2/h3-6,8,10-12H,7,9,18H2,1-2H3. The number of hydrogen-bond acceptors (Lipinski definition) is 2. The molecule has 2 nitrogen and oxygen atoms in total. The number of nitrogens with zero attached hydrogens (tertiary/aromatic N) is 1. The molecule has 1 heterocycles. The monoisotopic (exact) mass is 252 g/mol. The van der Waals surface area contributed by atoms with Crippen LogP contribution >= 0.6 is 0 Å². The molecule has 0 saturated carbocycles. The Labute approximate surface area is 114 Å². The van der Waals surface area contributed by atoms with E-state index in [-0.39, 0.29) is 5.54 Å². The molecule has 0 saturated heterocycles. The minimum absolute atomic E-state index is 0.387. The second-order valence-electron chi connectivity index (χ2n) is 5.69. The van der Waals surface area contributed by atoms with Crippen LogP contribution in [0, 0.1) is 6.92 Å². The van der Waals surface area contributed by atoms with E-state index in [0.29, 0.717) is 5.92 Å². The molecule has 1 aliphatic rings. The summed E-state index contributed by atoms with van der Waals surface area (Å²) in [5.74, 6) is 0.588. The molecule has 2 aromatic rings. The molecule has 1 aromatic carbocycles. The van der Waals surface area contributed by atoms with E-state index in [1.165, 1.54) is 16.7 Å². The second kappa shape index (κ2) is 4.46. The number of benzene rings is 1. The molecule has 1 aromatic heterocycles. The molecule has 1 aliphatic carbocycles. The molecule has 0 radical (unpaired) electrons. The molecular weight excluding hydrogens is 232 g/mol. The first-order chi connectivity index (χ1) is 9.13. The van der Waals surface area contributed by atoms with Crippen molar-refractivity contribution in [2.75, 3.05) is 0 Å². The van der Waals surface area contributed by atoms with Crippen LogP contribution in [0.25, 0.3) is 0 Å². The quantitative estimate of drug-likeness (QED) is 0.843. The Morgan fingerprint density at radius 2 is 2.00 bits per heavy atom. The fourth-order valence-electron chi connectivity index (χ4n) is 3.28. The number of rotatable bonds is 1. The highest BCUT2D eigenvalue weighted by Gasteiger charge is 2.37. The predicted molar refractivity (Wildman–Crippen MR) is 78.0 cm³/mol. The van der Waals surface area contributed by atoms with E-state index in [1.807, 2.05) is 18.5 Å². The first-order valence-corrected chi connectivity index (χ1v) is 6.92. The fourth-order valence-corrected chi connectivity index (χ4v) is 3.28. The Bertz CT molecular complexity index is 606. The Kier molecular flexibility index (Phi) is 2.90. The fraction of sp³-hybridized carbons (Fsp3) is 0.353. The molecule has 3 rings (SSSR count).